The Morgan fingerprint density at radius 1 is 1.29 bits per heavy atom. The number of para-hydroxylation sites is 1. The largest absolute Gasteiger partial charge is 0.496 e. The van der Waals surface area contributed by atoms with Crippen LogP contribution in [0.5, 0.6) is 5.75 Å². The molecule has 1 amide bonds. The number of rotatable bonds is 5. The smallest absolute Gasteiger partial charge is 0.251 e. The Hall–Kier alpha value is -1.52. The van der Waals surface area contributed by atoms with E-state index in [0.717, 1.165) is 15.8 Å². The van der Waals surface area contributed by atoms with E-state index in [0.29, 0.717) is 23.6 Å². The number of halogens is 2. The van der Waals surface area contributed by atoms with Gasteiger partial charge >= 0.3 is 0 Å². The number of nitrogens with one attached hydrogen (secondary N) is 1. The molecule has 3 nitrogen and oxygen atoms in total. The van der Waals surface area contributed by atoms with Gasteiger partial charge in [-0.05, 0) is 36.2 Å². The van der Waals surface area contributed by atoms with Gasteiger partial charge in [0, 0.05) is 21.6 Å². The second-order valence-electron chi connectivity index (χ2n) is 4.48. The van der Waals surface area contributed by atoms with Crippen molar-refractivity contribution in [2.75, 3.05) is 13.7 Å². The maximum absolute atomic E-state index is 12.1. The van der Waals surface area contributed by atoms with Crippen LogP contribution >= 0.6 is 27.5 Å². The molecule has 0 saturated heterocycles. The van der Waals surface area contributed by atoms with E-state index in [2.05, 4.69) is 21.2 Å². The maximum Gasteiger partial charge on any atom is 0.251 e. The zero-order chi connectivity index (χ0) is 15.2. The summed E-state index contributed by atoms with van der Waals surface area (Å²) in [5.74, 6) is 0.686. The lowest BCUT2D eigenvalue weighted by molar-refractivity contribution is 0.0954. The highest BCUT2D eigenvalue weighted by molar-refractivity contribution is 9.10. The number of hydrogen-bond donors (Lipinski definition) is 1. The molecule has 0 atom stereocenters. The molecule has 21 heavy (non-hydrogen) atoms. The van der Waals surface area contributed by atoms with Crippen molar-refractivity contribution < 1.29 is 9.53 Å². The van der Waals surface area contributed by atoms with E-state index >= 15 is 0 Å². The Bertz CT molecular complexity index is 626. The van der Waals surface area contributed by atoms with E-state index < -0.39 is 0 Å². The van der Waals surface area contributed by atoms with Crippen molar-refractivity contribution in [2.45, 2.75) is 6.42 Å². The Morgan fingerprint density at radius 2 is 2.05 bits per heavy atom. The molecule has 0 aliphatic heterocycles. The van der Waals surface area contributed by atoms with Gasteiger partial charge in [-0.1, -0.05) is 45.7 Å². The van der Waals surface area contributed by atoms with E-state index in [1.165, 1.54) is 0 Å². The number of benzene rings is 2. The van der Waals surface area contributed by atoms with Crippen LogP contribution in [0.2, 0.25) is 5.02 Å². The third-order valence-electron chi connectivity index (χ3n) is 3.00. The number of hydrogen-bond acceptors (Lipinski definition) is 2. The molecule has 0 fully saturated rings. The number of carbonyl (C=O) groups excluding carboxylic acids is 1. The lowest BCUT2D eigenvalue weighted by Gasteiger charge is -2.09. The molecule has 0 bridgehead atoms. The summed E-state index contributed by atoms with van der Waals surface area (Å²) in [6.45, 7) is 0.531. The summed E-state index contributed by atoms with van der Waals surface area (Å²) in [7, 11) is 1.64. The molecule has 0 aliphatic rings. The summed E-state index contributed by atoms with van der Waals surface area (Å²) in [6, 6.07) is 12.9. The molecule has 2 aromatic rings. The first kappa shape index (κ1) is 15.9. The van der Waals surface area contributed by atoms with Crippen LogP contribution in [0.25, 0.3) is 0 Å². The standard InChI is InChI=1S/C16H15BrClNO2/c1-21-15-5-3-2-4-11(15)6-7-19-16(20)12-8-13(17)10-14(18)9-12/h2-5,8-10H,6-7H2,1H3,(H,19,20). The maximum atomic E-state index is 12.1. The lowest BCUT2D eigenvalue weighted by Crippen LogP contribution is -2.25. The van der Waals surface area contributed by atoms with E-state index in [4.69, 9.17) is 16.3 Å². The van der Waals surface area contributed by atoms with E-state index in [1.807, 2.05) is 24.3 Å². The first-order valence-electron chi connectivity index (χ1n) is 6.46. The highest BCUT2D eigenvalue weighted by Gasteiger charge is 2.08. The topological polar surface area (TPSA) is 38.3 Å². The van der Waals surface area contributed by atoms with Gasteiger partial charge in [0.25, 0.3) is 5.91 Å². The van der Waals surface area contributed by atoms with Crippen LogP contribution in [0.15, 0.2) is 46.9 Å². The summed E-state index contributed by atoms with van der Waals surface area (Å²) >= 11 is 9.26. The Balaban J connectivity index is 1.95. The van der Waals surface area contributed by atoms with Crippen molar-refractivity contribution in [3.63, 3.8) is 0 Å². The Kier molecular flexibility index (Phi) is 5.65. The highest BCUT2D eigenvalue weighted by atomic mass is 79.9. The van der Waals surface area contributed by atoms with Crippen molar-refractivity contribution in [1.82, 2.24) is 5.32 Å². The van der Waals surface area contributed by atoms with Gasteiger partial charge in [-0.25, -0.2) is 0 Å². The molecule has 0 heterocycles. The van der Waals surface area contributed by atoms with Crippen LogP contribution in [-0.4, -0.2) is 19.6 Å². The zero-order valence-electron chi connectivity index (χ0n) is 11.5. The van der Waals surface area contributed by atoms with E-state index in [1.54, 1.807) is 25.3 Å². The molecule has 2 aromatic carbocycles. The van der Waals surface area contributed by atoms with Crippen LogP contribution in [-0.2, 0) is 6.42 Å². The zero-order valence-corrected chi connectivity index (χ0v) is 13.9. The first-order valence-corrected chi connectivity index (χ1v) is 7.63. The average molecular weight is 369 g/mol. The minimum atomic E-state index is -0.145. The lowest BCUT2D eigenvalue weighted by atomic mass is 10.1. The van der Waals surface area contributed by atoms with Gasteiger partial charge in [-0.2, -0.15) is 0 Å². The predicted octanol–water partition coefficient (Wildman–Crippen LogP) is 4.08. The van der Waals surface area contributed by atoms with Crippen LogP contribution < -0.4 is 10.1 Å². The molecular weight excluding hydrogens is 354 g/mol. The minimum absolute atomic E-state index is 0.145. The molecule has 0 saturated carbocycles. The second-order valence-corrected chi connectivity index (χ2v) is 5.83. The van der Waals surface area contributed by atoms with Gasteiger partial charge in [0.05, 0.1) is 7.11 Å². The number of methoxy groups -OCH3 is 1. The van der Waals surface area contributed by atoms with Crippen molar-refractivity contribution in [2.24, 2.45) is 0 Å². The molecule has 1 N–H and O–H groups in total. The number of amides is 1. The Morgan fingerprint density at radius 3 is 2.76 bits per heavy atom. The second kappa shape index (κ2) is 7.48. The van der Waals surface area contributed by atoms with Crippen LogP contribution in [0.4, 0.5) is 0 Å². The first-order chi connectivity index (χ1) is 10.1. The fraction of sp³-hybridized carbons (Fsp3) is 0.188. The average Bonchev–Trinajstić information content (AvgIpc) is 2.46. The highest BCUT2D eigenvalue weighted by Crippen LogP contribution is 2.20. The van der Waals surface area contributed by atoms with E-state index in [9.17, 15) is 4.79 Å². The Labute approximate surface area is 137 Å². The molecular formula is C16H15BrClNO2. The van der Waals surface area contributed by atoms with Gasteiger partial charge in [0.1, 0.15) is 5.75 Å². The number of carbonyl (C=O) groups is 1. The van der Waals surface area contributed by atoms with Crippen molar-refractivity contribution in [3.8, 4) is 5.75 Å². The fourth-order valence-corrected chi connectivity index (χ4v) is 2.87. The van der Waals surface area contributed by atoms with Gasteiger partial charge in [-0.3, -0.25) is 4.79 Å². The van der Waals surface area contributed by atoms with Gasteiger partial charge in [-0.15, -0.1) is 0 Å². The van der Waals surface area contributed by atoms with Crippen molar-refractivity contribution in [1.29, 1.82) is 0 Å². The third-order valence-corrected chi connectivity index (χ3v) is 3.67. The van der Waals surface area contributed by atoms with Crippen LogP contribution in [0.1, 0.15) is 15.9 Å². The SMILES string of the molecule is COc1ccccc1CCNC(=O)c1cc(Cl)cc(Br)c1. The van der Waals surface area contributed by atoms with Gasteiger partial charge in [0.15, 0.2) is 0 Å². The summed E-state index contributed by atoms with van der Waals surface area (Å²) < 4.78 is 6.06. The molecule has 0 spiro atoms. The van der Waals surface area contributed by atoms with Crippen molar-refractivity contribution >= 4 is 33.4 Å². The molecule has 5 heteroatoms. The predicted molar refractivity (Wildman–Crippen MR) is 88.2 cm³/mol. The fourth-order valence-electron chi connectivity index (χ4n) is 2.01. The molecule has 0 unspecified atom stereocenters. The third kappa shape index (κ3) is 4.48. The summed E-state index contributed by atoms with van der Waals surface area (Å²) in [5.41, 5.74) is 1.60. The van der Waals surface area contributed by atoms with Gasteiger partial charge < -0.3 is 10.1 Å². The summed E-state index contributed by atoms with van der Waals surface area (Å²) in [4.78, 5) is 12.1. The quantitative estimate of drug-likeness (QED) is 0.863. The molecule has 2 rings (SSSR count). The summed E-state index contributed by atoms with van der Waals surface area (Å²) in [6.07, 6.45) is 0.706. The molecule has 0 aromatic heterocycles. The normalized spacial score (nSPS) is 10.2. The monoisotopic (exact) mass is 367 g/mol. The summed E-state index contributed by atoms with van der Waals surface area (Å²) in [5, 5.41) is 3.41. The molecule has 0 aliphatic carbocycles. The number of ether oxygens (including phenoxy) is 1. The van der Waals surface area contributed by atoms with Gasteiger partial charge in [0.2, 0.25) is 0 Å². The van der Waals surface area contributed by atoms with Crippen LogP contribution in [0.3, 0.4) is 0 Å². The van der Waals surface area contributed by atoms with Crippen LogP contribution in [0, 0.1) is 0 Å². The van der Waals surface area contributed by atoms with E-state index in [-0.39, 0.29) is 5.91 Å². The molecule has 0 radical (unpaired) electrons. The minimum Gasteiger partial charge on any atom is -0.496 e. The van der Waals surface area contributed by atoms with Crippen molar-refractivity contribution in [3.05, 3.63) is 63.1 Å². The molecule has 110 valence electrons.